The first kappa shape index (κ1) is 19.7. The first-order chi connectivity index (χ1) is 13.5. The Morgan fingerprint density at radius 1 is 1.32 bits per heavy atom. The number of benzene rings is 2. The van der Waals surface area contributed by atoms with Crippen LogP contribution < -0.4 is 5.32 Å². The number of nitrogens with one attached hydrogen (secondary N) is 1. The lowest BCUT2D eigenvalue weighted by atomic mass is 10.2. The maximum atomic E-state index is 12.7. The summed E-state index contributed by atoms with van der Waals surface area (Å²) in [6, 6.07) is 14.0. The van der Waals surface area contributed by atoms with E-state index in [4.69, 9.17) is 0 Å². The fourth-order valence-corrected chi connectivity index (χ4v) is 3.88. The number of carbonyl (C=O) groups excluding carboxylic acids is 2. The predicted octanol–water partition coefficient (Wildman–Crippen LogP) is 3.85. The van der Waals surface area contributed by atoms with Crippen LogP contribution in [0.2, 0.25) is 0 Å². The normalized spacial score (nSPS) is 17.8. The van der Waals surface area contributed by atoms with Gasteiger partial charge in [0.1, 0.15) is 11.0 Å². The van der Waals surface area contributed by atoms with E-state index in [2.05, 4.69) is 16.9 Å². The van der Waals surface area contributed by atoms with Gasteiger partial charge in [0, 0.05) is 24.7 Å². The molecule has 3 rings (SSSR count). The fraction of sp³-hybridized carbons (Fsp3) is 0.190. The van der Waals surface area contributed by atoms with Gasteiger partial charge in [-0.2, -0.15) is 0 Å². The lowest BCUT2D eigenvalue weighted by Crippen LogP contribution is -2.33. The molecule has 2 aromatic carbocycles. The summed E-state index contributed by atoms with van der Waals surface area (Å²) in [5, 5.41) is 12.4. The number of phenolic OH excluding ortho intramolecular Hbond substituents is 1. The molecule has 0 spiro atoms. The Hall–Kier alpha value is -3.06. The Morgan fingerprint density at radius 3 is 2.75 bits per heavy atom. The molecular weight excluding hydrogens is 374 g/mol. The van der Waals surface area contributed by atoms with E-state index in [1.165, 1.54) is 22.7 Å². The minimum atomic E-state index is -0.554. The third-order valence-electron chi connectivity index (χ3n) is 4.09. The van der Waals surface area contributed by atoms with Crippen molar-refractivity contribution in [1.29, 1.82) is 0 Å². The second kappa shape index (κ2) is 8.75. The maximum Gasteiger partial charge on any atom is 0.242 e. The molecule has 0 aromatic heterocycles. The molecule has 2 amide bonds. The summed E-state index contributed by atoms with van der Waals surface area (Å²) in [4.78, 5) is 31.1. The van der Waals surface area contributed by atoms with Crippen molar-refractivity contribution in [2.75, 3.05) is 11.9 Å². The number of thioether (sulfide) groups is 1. The Bertz CT molecular complexity index is 925. The molecule has 7 heteroatoms. The summed E-state index contributed by atoms with van der Waals surface area (Å²) in [5.74, 6) is -0.310. The lowest BCUT2D eigenvalue weighted by molar-refractivity contribution is -0.127. The van der Waals surface area contributed by atoms with E-state index in [1.807, 2.05) is 31.2 Å². The summed E-state index contributed by atoms with van der Waals surface area (Å²) in [6.07, 6.45) is 1.66. The minimum Gasteiger partial charge on any atom is -0.508 e. The molecule has 6 nitrogen and oxygen atoms in total. The Kier molecular flexibility index (Phi) is 6.16. The minimum absolute atomic E-state index is 0.0457. The molecule has 2 N–H and O–H groups in total. The maximum absolute atomic E-state index is 12.7. The Balaban J connectivity index is 1.73. The first-order valence-corrected chi connectivity index (χ1v) is 9.67. The number of anilines is 1. The third kappa shape index (κ3) is 4.80. The van der Waals surface area contributed by atoms with Crippen molar-refractivity contribution in [2.45, 2.75) is 18.6 Å². The smallest absolute Gasteiger partial charge is 0.242 e. The van der Waals surface area contributed by atoms with E-state index < -0.39 is 5.25 Å². The zero-order valence-electron chi connectivity index (χ0n) is 15.5. The Labute approximate surface area is 168 Å². The van der Waals surface area contributed by atoms with Crippen LogP contribution >= 0.6 is 11.8 Å². The molecule has 1 atom stereocenters. The molecule has 1 fully saturated rings. The number of carbonyl (C=O) groups is 2. The molecule has 28 heavy (non-hydrogen) atoms. The van der Waals surface area contributed by atoms with Gasteiger partial charge in [-0.1, -0.05) is 41.6 Å². The van der Waals surface area contributed by atoms with Gasteiger partial charge < -0.3 is 10.4 Å². The van der Waals surface area contributed by atoms with Gasteiger partial charge >= 0.3 is 0 Å². The van der Waals surface area contributed by atoms with Crippen LogP contribution in [-0.2, 0) is 9.59 Å². The van der Waals surface area contributed by atoms with E-state index >= 15 is 0 Å². The van der Waals surface area contributed by atoms with Crippen LogP contribution in [0.3, 0.4) is 0 Å². The van der Waals surface area contributed by atoms with Gasteiger partial charge in [0.05, 0.1) is 5.69 Å². The standard InChI is InChI=1S/C21H21N3O3S/c1-3-11-24-20(27)18(13-19(26)22-15-9-7-14(2)8-10-15)28-21(24)23-16-5-4-6-17(25)12-16/h3-10,12,18,25H,1,11,13H2,2H3,(H,22,26)/t18-/m0/s1. The molecule has 2 aromatic rings. The average molecular weight is 395 g/mol. The van der Waals surface area contributed by atoms with Crippen molar-refractivity contribution in [3.05, 3.63) is 66.7 Å². The highest BCUT2D eigenvalue weighted by molar-refractivity contribution is 8.15. The van der Waals surface area contributed by atoms with Crippen molar-refractivity contribution in [2.24, 2.45) is 4.99 Å². The summed E-state index contributed by atoms with van der Waals surface area (Å²) in [7, 11) is 0. The molecule has 1 saturated heterocycles. The number of nitrogens with zero attached hydrogens (tertiary/aromatic N) is 2. The zero-order valence-corrected chi connectivity index (χ0v) is 16.3. The van der Waals surface area contributed by atoms with Crippen LogP contribution in [-0.4, -0.2) is 38.8 Å². The highest BCUT2D eigenvalue weighted by Crippen LogP contribution is 2.32. The van der Waals surface area contributed by atoms with E-state index in [1.54, 1.807) is 24.3 Å². The second-order valence-corrected chi connectivity index (χ2v) is 7.55. The predicted molar refractivity (Wildman–Crippen MR) is 113 cm³/mol. The summed E-state index contributed by atoms with van der Waals surface area (Å²) in [6.45, 7) is 5.96. The number of amides is 2. The second-order valence-electron chi connectivity index (χ2n) is 6.38. The van der Waals surface area contributed by atoms with Crippen LogP contribution in [0.1, 0.15) is 12.0 Å². The van der Waals surface area contributed by atoms with Crippen molar-refractivity contribution in [3.8, 4) is 5.75 Å². The van der Waals surface area contributed by atoms with E-state index in [-0.39, 0.29) is 24.0 Å². The van der Waals surface area contributed by atoms with E-state index in [9.17, 15) is 14.7 Å². The number of phenols is 1. The largest absolute Gasteiger partial charge is 0.508 e. The number of amidine groups is 1. The lowest BCUT2D eigenvalue weighted by Gasteiger charge is -2.13. The highest BCUT2D eigenvalue weighted by Gasteiger charge is 2.38. The molecule has 144 valence electrons. The molecule has 0 bridgehead atoms. The Morgan fingerprint density at radius 2 is 2.07 bits per heavy atom. The van der Waals surface area contributed by atoms with Crippen molar-refractivity contribution in [3.63, 3.8) is 0 Å². The average Bonchev–Trinajstić information content (AvgIpc) is 2.93. The van der Waals surface area contributed by atoms with Crippen LogP contribution in [0.15, 0.2) is 66.2 Å². The van der Waals surface area contributed by atoms with Crippen LogP contribution in [0, 0.1) is 6.92 Å². The molecule has 0 unspecified atom stereocenters. The third-order valence-corrected chi connectivity index (χ3v) is 5.27. The van der Waals surface area contributed by atoms with Gasteiger partial charge in [0.15, 0.2) is 5.17 Å². The van der Waals surface area contributed by atoms with Crippen LogP contribution in [0.4, 0.5) is 11.4 Å². The van der Waals surface area contributed by atoms with Gasteiger partial charge in [-0.3, -0.25) is 14.5 Å². The van der Waals surface area contributed by atoms with Crippen molar-refractivity contribution < 1.29 is 14.7 Å². The number of hydrogen-bond acceptors (Lipinski definition) is 5. The van der Waals surface area contributed by atoms with Crippen LogP contribution in [0.25, 0.3) is 0 Å². The number of hydrogen-bond donors (Lipinski definition) is 2. The first-order valence-electron chi connectivity index (χ1n) is 8.79. The summed E-state index contributed by atoms with van der Waals surface area (Å²) < 4.78 is 0. The van der Waals surface area contributed by atoms with Gasteiger partial charge in [-0.05, 0) is 31.2 Å². The summed E-state index contributed by atoms with van der Waals surface area (Å²) >= 11 is 1.24. The van der Waals surface area contributed by atoms with E-state index in [0.29, 0.717) is 23.1 Å². The summed E-state index contributed by atoms with van der Waals surface area (Å²) in [5.41, 5.74) is 2.34. The van der Waals surface area contributed by atoms with Crippen molar-refractivity contribution >= 4 is 40.1 Å². The van der Waals surface area contributed by atoms with Gasteiger partial charge in [-0.15, -0.1) is 6.58 Å². The van der Waals surface area contributed by atoms with Crippen molar-refractivity contribution in [1.82, 2.24) is 4.90 Å². The molecule has 1 aliphatic heterocycles. The number of aromatic hydroxyl groups is 1. The molecule has 1 heterocycles. The molecule has 0 radical (unpaired) electrons. The molecule has 0 aliphatic carbocycles. The van der Waals surface area contributed by atoms with Gasteiger partial charge in [-0.25, -0.2) is 4.99 Å². The zero-order chi connectivity index (χ0) is 20.1. The van der Waals surface area contributed by atoms with Gasteiger partial charge in [0.25, 0.3) is 0 Å². The SMILES string of the molecule is C=CCN1C(=O)[C@H](CC(=O)Nc2ccc(C)cc2)SC1=Nc1cccc(O)c1. The van der Waals surface area contributed by atoms with E-state index in [0.717, 1.165) is 5.56 Å². The fourth-order valence-electron chi connectivity index (χ4n) is 2.71. The molecular formula is C21H21N3O3S. The quantitative estimate of drug-likeness (QED) is 0.728. The number of aliphatic imine (C=N–C) groups is 1. The topological polar surface area (TPSA) is 82.0 Å². The number of rotatable bonds is 6. The monoisotopic (exact) mass is 395 g/mol. The molecule has 0 saturated carbocycles. The number of aryl methyl sites for hydroxylation is 1. The highest BCUT2D eigenvalue weighted by atomic mass is 32.2. The van der Waals surface area contributed by atoms with Crippen LogP contribution in [0.5, 0.6) is 5.75 Å². The molecule has 1 aliphatic rings. The van der Waals surface area contributed by atoms with Gasteiger partial charge in [0.2, 0.25) is 11.8 Å².